The Morgan fingerprint density at radius 2 is 1.78 bits per heavy atom. The Balaban J connectivity index is 1.45. The van der Waals surface area contributed by atoms with E-state index in [-0.39, 0.29) is 10.7 Å². The second-order valence-electron chi connectivity index (χ2n) is 8.26. The normalized spacial score (nSPS) is 11.4. The van der Waals surface area contributed by atoms with Crippen LogP contribution in [-0.2, 0) is 0 Å². The van der Waals surface area contributed by atoms with Crippen molar-refractivity contribution >= 4 is 29.3 Å². The highest BCUT2D eigenvalue weighted by Crippen LogP contribution is 2.33. The quantitative estimate of drug-likeness (QED) is 0.259. The van der Waals surface area contributed by atoms with Gasteiger partial charge in [0.05, 0.1) is 0 Å². The van der Waals surface area contributed by atoms with E-state index in [4.69, 9.17) is 10.5 Å². The molecular weight excluding hydrogens is 422 g/mol. The Bertz CT molecular complexity index is 1220. The molecule has 0 saturated heterocycles. The molecule has 0 aliphatic rings. The van der Waals surface area contributed by atoms with Crippen molar-refractivity contribution in [3.05, 3.63) is 60.2 Å². The summed E-state index contributed by atoms with van der Waals surface area (Å²) in [4.78, 5) is 11.6. The molecule has 9 heteroatoms. The summed E-state index contributed by atoms with van der Waals surface area (Å²) in [5, 5.41) is 12.4. The van der Waals surface area contributed by atoms with Gasteiger partial charge in [0.1, 0.15) is 10.8 Å². The van der Waals surface area contributed by atoms with Gasteiger partial charge in [0.25, 0.3) is 0 Å². The predicted molar refractivity (Wildman–Crippen MR) is 128 cm³/mol. The van der Waals surface area contributed by atoms with Crippen molar-refractivity contribution in [2.24, 2.45) is 0 Å². The van der Waals surface area contributed by atoms with Gasteiger partial charge in [-0.15, -0.1) is 22.0 Å². The van der Waals surface area contributed by atoms with Crippen LogP contribution < -0.4 is 15.8 Å². The number of nitrogens with two attached hydrogens (primary N) is 1. The first-order valence-corrected chi connectivity index (χ1v) is 10.9. The molecule has 32 heavy (non-hydrogen) atoms. The molecule has 0 bridgehead atoms. The monoisotopic (exact) mass is 447 g/mol. The van der Waals surface area contributed by atoms with E-state index in [2.05, 4.69) is 51.2 Å². The maximum absolute atomic E-state index is 5.90. The molecule has 4 N–H and O–H groups in total. The molecule has 4 aromatic rings. The fraction of sp³-hybridized carbons (Fsp3) is 0.217. The van der Waals surface area contributed by atoms with Gasteiger partial charge in [-0.1, -0.05) is 32.9 Å². The highest BCUT2D eigenvalue weighted by Gasteiger charge is 2.15. The zero-order valence-corrected chi connectivity index (χ0v) is 19.2. The van der Waals surface area contributed by atoms with E-state index in [1.807, 2.05) is 55.5 Å². The first kappa shape index (κ1) is 21.6. The summed E-state index contributed by atoms with van der Waals surface area (Å²) in [6.07, 6.45) is 0. The number of nitrogens with zero attached hydrogens (tertiary/aromatic N) is 4. The molecule has 8 nitrogen and oxygen atoms in total. The highest BCUT2D eigenvalue weighted by molar-refractivity contribution is 8.00. The van der Waals surface area contributed by atoms with Crippen LogP contribution in [0.25, 0.3) is 11.4 Å². The number of H-pyrrole nitrogens is 1. The van der Waals surface area contributed by atoms with Crippen LogP contribution in [0.3, 0.4) is 0 Å². The Hall–Kier alpha value is -3.59. The van der Waals surface area contributed by atoms with Gasteiger partial charge in [-0.2, -0.15) is 4.98 Å². The SMILES string of the molecule is Cc1cccc(Nc2nnc(-c3ccc(Oc4cc(SC(C)(C)C)nc(N)n4)cc3)[nH]2)c1. The van der Waals surface area contributed by atoms with Gasteiger partial charge in [-0.25, -0.2) is 4.98 Å². The van der Waals surface area contributed by atoms with Crippen LogP contribution in [-0.4, -0.2) is 29.9 Å². The van der Waals surface area contributed by atoms with Crippen molar-refractivity contribution in [1.82, 2.24) is 25.1 Å². The maximum atomic E-state index is 5.90. The summed E-state index contributed by atoms with van der Waals surface area (Å²) < 4.78 is 5.90. The Morgan fingerprint density at radius 3 is 2.50 bits per heavy atom. The van der Waals surface area contributed by atoms with Gasteiger partial charge < -0.3 is 20.8 Å². The summed E-state index contributed by atoms with van der Waals surface area (Å²) in [5.41, 5.74) is 8.85. The number of rotatable bonds is 6. The second-order valence-corrected chi connectivity index (χ2v) is 10.1. The summed E-state index contributed by atoms with van der Waals surface area (Å²) in [7, 11) is 0. The maximum Gasteiger partial charge on any atom is 0.226 e. The third kappa shape index (κ3) is 5.76. The summed E-state index contributed by atoms with van der Waals surface area (Å²) in [5.74, 6) is 2.45. The summed E-state index contributed by atoms with van der Waals surface area (Å²) >= 11 is 1.61. The van der Waals surface area contributed by atoms with Gasteiger partial charge in [0.2, 0.25) is 17.8 Å². The number of aromatic amines is 1. The Labute approximate surface area is 191 Å². The lowest BCUT2D eigenvalue weighted by Gasteiger charge is -2.17. The highest BCUT2D eigenvalue weighted by atomic mass is 32.2. The smallest absolute Gasteiger partial charge is 0.226 e. The zero-order valence-electron chi connectivity index (χ0n) is 18.4. The number of hydrogen-bond acceptors (Lipinski definition) is 8. The molecule has 0 spiro atoms. The molecule has 0 aliphatic heterocycles. The molecule has 0 amide bonds. The number of anilines is 3. The summed E-state index contributed by atoms with van der Waals surface area (Å²) in [6, 6.07) is 17.3. The van der Waals surface area contributed by atoms with E-state index in [0.717, 1.165) is 16.3 Å². The van der Waals surface area contributed by atoms with E-state index < -0.39 is 0 Å². The standard InChI is InChI=1S/C23H25N7OS/c1-14-6-5-7-16(12-14)25-22-28-20(29-30-22)15-8-10-17(11-9-15)31-18-13-19(27-21(24)26-18)32-23(2,3)4/h5-13H,1-4H3,(H2,24,26,27)(H2,25,28,29,30). The molecule has 2 aromatic heterocycles. The van der Waals surface area contributed by atoms with Crippen molar-refractivity contribution in [2.75, 3.05) is 11.1 Å². The summed E-state index contributed by atoms with van der Waals surface area (Å²) in [6.45, 7) is 8.38. The van der Waals surface area contributed by atoms with Gasteiger partial charge in [-0.05, 0) is 48.9 Å². The third-order valence-corrected chi connectivity index (χ3v) is 5.26. The molecule has 0 saturated carbocycles. The minimum atomic E-state index is 0.00381. The molecule has 0 atom stereocenters. The number of nitrogen functional groups attached to an aromatic ring is 1. The van der Waals surface area contributed by atoms with E-state index in [1.165, 1.54) is 5.56 Å². The predicted octanol–water partition coefficient (Wildman–Crippen LogP) is 5.58. The lowest BCUT2D eigenvalue weighted by molar-refractivity contribution is 0.460. The molecule has 4 rings (SSSR count). The Morgan fingerprint density at radius 1 is 1.00 bits per heavy atom. The van der Waals surface area contributed by atoms with Crippen LogP contribution in [0.2, 0.25) is 0 Å². The average molecular weight is 448 g/mol. The van der Waals surface area contributed by atoms with Crippen LogP contribution in [0, 0.1) is 6.92 Å². The number of hydrogen-bond donors (Lipinski definition) is 3. The zero-order chi connectivity index (χ0) is 22.7. The molecule has 0 fully saturated rings. The van der Waals surface area contributed by atoms with Crippen molar-refractivity contribution < 1.29 is 4.74 Å². The van der Waals surface area contributed by atoms with Crippen molar-refractivity contribution in [2.45, 2.75) is 37.5 Å². The molecule has 2 aromatic carbocycles. The minimum Gasteiger partial charge on any atom is -0.439 e. The number of thioether (sulfide) groups is 1. The van der Waals surface area contributed by atoms with E-state index in [1.54, 1.807) is 17.8 Å². The van der Waals surface area contributed by atoms with Crippen molar-refractivity contribution in [1.29, 1.82) is 0 Å². The molecule has 0 aliphatic carbocycles. The lowest BCUT2D eigenvalue weighted by Crippen LogP contribution is -2.08. The van der Waals surface area contributed by atoms with Crippen LogP contribution in [0.1, 0.15) is 26.3 Å². The van der Waals surface area contributed by atoms with Gasteiger partial charge in [-0.3, -0.25) is 0 Å². The largest absolute Gasteiger partial charge is 0.439 e. The number of aryl methyl sites for hydroxylation is 1. The first-order valence-electron chi connectivity index (χ1n) is 10.1. The molecule has 0 unspecified atom stereocenters. The molecule has 2 heterocycles. The second kappa shape index (κ2) is 8.88. The van der Waals surface area contributed by atoms with Crippen LogP contribution in [0.5, 0.6) is 11.6 Å². The number of aromatic nitrogens is 5. The van der Waals surface area contributed by atoms with Crippen molar-refractivity contribution in [3.8, 4) is 23.0 Å². The van der Waals surface area contributed by atoms with Gasteiger partial charge in [0, 0.05) is 22.1 Å². The fourth-order valence-electron chi connectivity index (χ4n) is 2.95. The topological polar surface area (TPSA) is 115 Å². The van der Waals surface area contributed by atoms with Crippen molar-refractivity contribution in [3.63, 3.8) is 0 Å². The lowest BCUT2D eigenvalue weighted by atomic mass is 10.2. The van der Waals surface area contributed by atoms with Gasteiger partial charge in [0.15, 0.2) is 5.82 Å². The number of ether oxygens (including phenoxy) is 1. The van der Waals surface area contributed by atoms with Gasteiger partial charge >= 0.3 is 0 Å². The van der Waals surface area contributed by atoms with Crippen LogP contribution in [0.4, 0.5) is 17.6 Å². The van der Waals surface area contributed by atoms with Crippen LogP contribution in [0.15, 0.2) is 59.6 Å². The molecular formula is C23H25N7OS. The number of nitrogens with one attached hydrogen (secondary N) is 2. The third-order valence-electron chi connectivity index (χ3n) is 4.22. The average Bonchev–Trinajstić information content (AvgIpc) is 3.15. The fourth-order valence-corrected chi connectivity index (χ4v) is 3.88. The molecule has 0 radical (unpaired) electrons. The Kier molecular flexibility index (Phi) is 6.00. The van der Waals surface area contributed by atoms with E-state index in [0.29, 0.717) is 23.4 Å². The number of benzene rings is 2. The van der Waals surface area contributed by atoms with Crippen LogP contribution >= 0.6 is 11.8 Å². The van der Waals surface area contributed by atoms with E-state index in [9.17, 15) is 0 Å². The first-order chi connectivity index (χ1) is 15.2. The van der Waals surface area contributed by atoms with E-state index >= 15 is 0 Å². The minimum absolute atomic E-state index is 0.00381. The molecule has 164 valence electrons.